The molecule has 21 heavy (non-hydrogen) atoms. The minimum Gasteiger partial charge on any atom is -0.341 e. The molecule has 0 aliphatic carbocycles. The summed E-state index contributed by atoms with van der Waals surface area (Å²) in [4.78, 5) is 17.1. The summed E-state index contributed by atoms with van der Waals surface area (Å²) in [6.07, 6.45) is 8.92. The summed E-state index contributed by atoms with van der Waals surface area (Å²) in [5, 5.41) is 3.46. The van der Waals surface area contributed by atoms with Gasteiger partial charge in [-0.2, -0.15) is 0 Å². The van der Waals surface area contributed by atoms with Crippen molar-refractivity contribution in [3.63, 3.8) is 0 Å². The van der Waals surface area contributed by atoms with Crippen molar-refractivity contribution in [3.05, 3.63) is 0 Å². The van der Waals surface area contributed by atoms with Gasteiger partial charge in [-0.15, -0.1) is 0 Å². The minimum atomic E-state index is -0.0460. The normalized spacial score (nSPS) is 24.4. The standard InChI is InChI=1S/C17H33N3O/c1-15(19-10-8-5-9-11-19)14-18-16(2)17(21)20-12-6-3-4-7-13-20/h15-16,18H,3-14H2,1-2H3. The van der Waals surface area contributed by atoms with Crippen LogP contribution < -0.4 is 5.32 Å². The quantitative estimate of drug-likeness (QED) is 0.845. The molecule has 2 atom stereocenters. The highest BCUT2D eigenvalue weighted by molar-refractivity contribution is 5.81. The van der Waals surface area contributed by atoms with E-state index in [9.17, 15) is 4.79 Å². The summed E-state index contributed by atoms with van der Waals surface area (Å²) in [6.45, 7) is 9.56. The molecule has 2 aliphatic rings. The molecule has 0 aromatic rings. The largest absolute Gasteiger partial charge is 0.341 e. The fraction of sp³-hybridized carbons (Fsp3) is 0.941. The molecule has 0 bridgehead atoms. The van der Waals surface area contributed by atoms with Crippen LogP contribution in [0.4, 0.5) is 0 Å². The van der Waals surface area contributed by atoms with Crippen LogP contribution in [-0.4, -0.2) is 60.5 Å². The van der Waals surface area contributed by atoms with Crippen molar-refractivity contribution in [2.45, 2.75) is 70.9 Å². The maximum absolute atomic E-state index is 12.5. The molecule has 1 N–H and O–H groups in total. The van der Waals surface area contributed by atoms with E-state index in [0.717, 1.165) is 19.6 Å². The Bertz CT molecular complexity index is 307. The number of nitrogens with one attached hydrogen (secondary N) is 1. The maximum atomic E-state index is 12.5. The van der Waals surface area contributed by atoms with Crippen LogP contribution in [-0.2, 0) is 4.79 Å². The molecule has 122 valence electrons. The number of carbonyl (C=O) groups is 1. The monoisotopic (exact) mass is 295 g/mol. The van der Waals surface area contributed by atoms with Gasteiger partial charge in [-0.05, 0) is 52.6 Å². The fourth-order valence-electron chi connectivity index (χ4n) is 3.49. The highest BCUT2D eigenvalue weighted by Crippen LogP contribution is 2.13. The fourth-order valence-corrected chi connectivity index (χ4v) is 3.49. The average molecular weight is 295 g/mol. The van der Waals surface area contributed by atoms with Crippen molar-refractivity contribution >= 4 is 5.91 Å². The smallest absolute Gasteiger partial charge is 0.239 e. The number of rotatable bonds is 5. The van der Waals surface area contributed by atoms with Crippen LogP contribution in [0.1, 0.15) is 58.8 Å². The van der Waals surface area contributed by atoms with Gasteiger partial charge in [0, 0.05) is 25.7 Å². The first-order valence-corrected chi connectivity index (χ1v) is 8.94. The second-order valence-corrected chi connectivity index (χ2v) is 6.82. The summed E-state index contributed by atoms with van der Waals surface area (Å²) < 4.78 is 0. The van der Waals surface area contributed by atoms with Gasteiger partial charge in [0.2, 0.25) is 5.91 Å². The Hall–Kier alpha value is -0.610. The zero-order valence-electron chi connectivity index (χ0n) is 13.9. The number of carbonyl (C=O) groups excluding carboxylic acids is 1. The predicted molar refractivity (Wildman–Crippen MR) is 87.4 cm³/mol. The van der Waals surface area contributed by atoms with Crippen molar-refractivity contribution in [2.75, 3.05) is 32.7 Å². The van der Waals surface area contributed by atoms with E-state index in [1.807, 2.05) is 6.92 Å². The molecule has 0 aromatic heterocycles. The lowest BCUT2D eigenvalue weighted by Gasteiger charge is -2.33. The number of amides is 1. The van der Waals surface area contributed by atoms with E-state index >= 15 is 0 Å². The first-order valence-electron chi connectivity index (χ1n) is 8.94. The molecule has 4 nitrogen and oxygen atoms in total. The Morgan fingerprint density at radius 2 is 1.43 bits per heavy atom. The summed E-state index contributed by atoms with van der Waals surface area (Å²) >= 11 is 0. The zero-order valence-corrected chi connectivity index (χ0v) is 13.9. The van der Waals surface area contributed by atoms with E-state index < -0.39 is 0 Å². The first-order chi connectivity index (χ1) is 10.2. The van der Waals surface area contributed by atoms with Gasteiger partial charge < -0.3 is 10.2 Å². The maximum Gasteiger partial charge on any atom is 0.239 e. The summed E-state index contributed by atoms with van der Waals surface area (Å²) in [6, 6.07) is 0.486. The van der Waals surface area contributed by atoms with Crippen LogP contribution in [0.2, 0.25) is 0 Å². The van der Waals surface area contributed by atoms with Gasteiger partial charge >= 0.3 is 0 Å². The lowest BCUT2D eigenvalue weighted by atomic mass is 10.1. The van der Waals surface area contributed by atoms with Gasteiger partial charge in [-0.25, -0.2) is 0 Å². The molecule has 0 radical (unpaired) electrons. The number of piperidine rings is 1. The third-order valence-electron chi connectivity index (χ3n) is 5.02. The molecule has 2 aliphatic heterocycles. The summed E-state index contributed by atoms with van der Waals surface area (Å²) in [7, 11) is 0. The Kier molecular flexibility index (Phi) is 6.97. The van der Waals surface area contributed by atoms with Gasteiger partial charge in [0.05, 0.1) is 6.04 Å². The van der Waals surface area contributed by atoms with Crippen molar-refractivity contribution in [1.82, 2.24) is 15.1 Å². The molecule has 4 heteroatoms. The SMILES string of the molecule is CC(NCC(C)N1CCCCC1)C(=O)N1CCCCCC1. The zero-order chi connectivity index (χ0) is 15.1. The van der Waals surface area contributed by atoms with Crippen molar-refractivity contribution < 1.29 is 4.79 Å². The third-order valence-corrected chi connectivity index (χ3v) is 5.02. The van der Waals surface area contributed by atoms with Crippen LogP contribution >= 0.6 is 0 Å². The summed E-state index contributed by atoms with van der Waals surface area (Å²) in [5.74, 6) is 0.294. The van der Waals surface area contributed by atoms with Crippen molar-refractivity contribution in [1.29, 1.82) is 0 Å². The lowest BCUT2D eigenvalue weighted by Crippen LogP contribution is -2.50. The highest BCUT2D eigenvalue weighted by atomic mass is 16.2. The molecule has 2 saturated heterocycles. The van der Waals surface area contributed by atoms with Crippen LogP contribution in [0.3, 0.4) is 0 Å². The van der Waals surface area contributed by atoms with Crippen molar-refractivity contribution in [2.24, 2.45) is 0 Å². The van der Waals surface area contributed by atoms with Crippen LogP contribution in [0.25, 0.3) is 0 Å². The molecule has 0 spiro atoms. The molecular formula is C17H33N3O. The second-order valence-electron chi connectivity index (χ2n) is 6.82. The number of hydrogen-bond donors (Lipinski definition) is 1. The Morgan fingerprint density at radius 3 is 2.05 bits per heavy atom. The Morgan fingerprint density at radius 1 is 0.905 bits per heavy atom. The van der Waals surface area contributed by atoms with Crippen molar-refractivity contribution in [3.8, 4) is 0 Å². The van der Waals surface area contributed by atoms with Crippen LogP contribution in [0.15, 0.2) is 0 Å². The van der Waals surface area contributed by atoms with Gasteiger partial charge in [-0.3, -0.25) is 9.69 Å². The average Bonchev–Trinajstić information content (AvgIpc) is 2.81. The van der Waals surface area contributed by atoms with E-state index in [2.05, 4.69) is 22.0 Å². The van der Waals surface area contributed by atoms with E-state index in [0.29, 0.717) is 11.9 Å². The van der Waals surface area contributed by atoms with Crippen LogP contribution in [0, 0.1) is 0 Å². The Labute approximate surface area is 130 Å². The van der Waals surface area contributed by atoms with Gasteiger partial charge in [0.25, 0.3) is 0 Å². The third kappa shape index (κ3) is 5.26. The predicted octanol–water partition coefficient (Wildman–Crippen LogP) is 2.24. The topological polar surface area (TPSA) is 35.6 Å². The second kappa shape index (κ2) is 8.74. The molecule has 1 amide bonds. The lowest BCUT2D eigenvalue weighted by molar-refractivity contribution is -0.133. The molecule has 2 unspecified atom stereocenters. The Balaban J connectivity index is 1.72. The molecule has 0 saturated carbocycles. The molecule has 2 heterocycles. The van der Waals surface area contributed by atoms with Gasteiger partial charge in [0.15, 0.2) is 0 Å². The molecular weight excluding hydrogens is 262 g/mol. The van der Waals surface area contributed by atoms with Crippen LogP contribution in [0.5, 0.6) is 0 Å². The number of likely N-dealkylation sites (tertiary alicyclic amines) is 2. The minimum absolute atomic E-state index is 0.0460. The highest BCUT2D eigenvalue weighted by Gasteiger charge is 2.23. The first kappa shape index (κ1) is 16.8. The van der Waals surface area contributed by atoms with E-state index in [4.69, 9.17) is 0 Å². The molecule has 0 aromatic carbocycles. The van der Waals surface area contributed by atoms with E-state index in [1.165, 1.54) is 58.0 Å². The molecule has 2 rings (SSSR count). The number of nitrogens with zero attached hydrogens (tertiary/aromatic N) is 2. The number of hydrogen-bond acceptors (Lipinski definition) is 3. The molecule has 2 fully saturated rings. The van der Waals surface area contributed by atoms with Gasteiger partial charge in [-0.1, -0.05) is 19.3 Å². The van der Waals surface area contributed by atoms with E-state index in [-0.39, 0.29) is 6.04 Å². The van der Waals surface area contributed by atoms with E-state index in [1.54, 1.807) is 0 Å². The summed E-state index contributed by atoms with van der Waals surface area (Å²) in [5.41, 5.74) is 0. The van der Waals surface area contributed by atoms with Gasteiger partial charge in [0.1, 0.15) is 0 Å².